The van der Waals surface area contributed by atoms with Gasteiger partial charge in [0.2, 0.25) is 0 Å². The molecule has 0 fully saturated rings. The summed E-state index contributed by atoms with van der Waals surface area (Å²) in [5.41, 5.74) is 1.31. The summed E-state index contributed by atoms with van der Waals surface area (Å²) in [5, 5.41) is 15.7. The first-order valence-electron chi connectivity index (χ1n) is 6.52. The summed E-state index contributed by atoms with van der Waals surface area (Å²) in [6.45, 7) is 6.67. The van der Waals surface area contributed by atoms with E-state index in [2.05, 4.69) is 10.4 Å². The number of amides is 1. The molecule has 0 aliphatic rings. The molecule has 1 heterocycles. The summed E-state index contributed by atoms with van der Waals surface area (Å²) >= 11 is 0. The van der Waals surface area contributed by atoms with E-state index < -0.39 is 5.97 Å². The SMILES string of the molecule is CCC(CNC(=O)c1cc(C)nn1CC)CC(=O)O. The first-order valence-corrected chi connectivity index (χ1v) is 6.52. The van der Waals surface area contributed by atoms with Crippen LogP contribution in [0.5, 0.6) is 0 Å². The summed E-state index contributed by atoms with van der Waals surface area (Å²) in [5.74, 6) is -1.08. The number of nitrogens with zero attached hydrogens (tertiary/aromatic N) is 2. The van der Waals surface area contributed by atoms with Crippen LogP contribution in [0.25, 0.3) is 0 Å². The fourth-order valence-electron chi connectivity index (χ4n) is 1.90. The molecule has 19 heavy (non-hydrogen) atoms. The molecule has 6 heteroatoms. The lowest BCUT2D eigenvalue weighted by molar-refractivity contribution is -0.138. The number of rotatable bonds is 7. The Morgan fingerprint density at radius 3 is 2.68 bits per heavy atom. The molecule has 1 aromatic heterocycles. The molecule has 1 aromatic rings. The van der Waals surface area contributed by atoms with Gasteiger partial charge in [0.1, 0.15) is 5.69 Å². The number of hydrogen-bond donors (Lipinski definition) is 2. The zero-order valence-electron chi connectivity index (χ0n) is 11.6. The largest absolute Gasteiger partial charge is 0.481 e. The Balaban J connectivity index is 2.61. The van der Waals surface area contributed by atoms with Gasteiger partial charge in [-0.15, -0.1) is 0 Å². The number of carbonyl (C=O) groups is 2. The molecule has 0 saturated carbocycles. The zero-order chi connectivity index (χ0) is 14.4. The number of aliphatic carboxylic acids is 1. The van der Waals surface area contributed by atoms with Gasteiger partial charge < -0.3 is 10.4 Å². The second kappa shape index (κ2) is 6.92. The average molecular weight is 267 g/mol. The lowest BCUT2D eigenvalue weighted by Gasteiger charge is -2.13. The van der Waals surface area contributed by atoms with Gasteiger partial charge in [0.15, 0.2) is 0 Å². The van der Waals surface area contributed by atoms with Crippen molar-refractivity contribution in [2.45, 2.75) is 40.2 Å². The second-order valence-electron chi connectivity index (χ2n) is 4.57. The average Bonchev–Trinajstić information content (AvgIpc) is 2.74. The van der Waals surface area contributed by atoms with Crippen LogP contribution in [0.3, 0.4) is 0 Å². The molecular weight excluding hydrogens is 246 g/mol. The van der Waals surface area contributed by atoms with Gasteiger partial charge in [0.25, 0.3) is 5.91 Å². The number of carboxylic acids is 1. The number of hydrogen-bond acceptors (Lipinski definition) is 3. The maximum absolute atomic E-state index is 12.0. The quantitative estimate of drug-likeness (QED) is 0.783. The first-order chi connectivity index (χ1) is 8.97. The normalized spacial score (nSPS) is 12.2. The molecule has 0 aromatic carbocycles. The van der Waals surface area contributed by atoms with E-state index in [9.17, 15) is 9.59 Å². The highest BCUT2D eigenvalue weighted by Gasteiger charge is 2.16. The third-order valence-corrected chi connectivity index (χ3v) is 3.03. The van der Waals surface area contributed by atoms with Gasteiger partial charge in [-0.05, 0) is 25.8 Å². The smallest absolute Gasteiger partial charge is 0.303 e. The lowest BCUT2D eigenvalue weighted by Crippen LogP contribution is -2.31. The van der Waals surface area contributed by atoms with Crippen LogP contribution >= 0.6 is 0 Å². The minimum absolute atomic E-state index is 0.0412. The van der Waals surface area contributed by atoms with Crippen molar-refractivity contribution in [3.8, 4) is 0 Å². The third kappa shape index (κ3) is 4.39. The molecule has 0 aliphatic carbocycles. The van der Waals surface area contributed by atoms with Crippen LogP contribution < -0.4 is 5.32 Å². The molecule has 0 radical (unpaired) electrons. The van der Waals surface area contributed by atoms with Gasteiger partial charge >= 0.3 is 5.97 Å². The molecule has 1 rings (SSSR count). The minimum atomic E-state index is -0.837. The second-order valence-corrected chi connectivity index (χ2v) is 4.57. The van der Waals surface area contributed by atoms with Crippen LogP contribution in [-0.4, -0.2) is 33.3 Å². The maximum Gasteiger partial charge on any atom is 0.303 e. The highest BCUT2D eigenvalue weighted by molar-refractivity contribution is 5.92. The van der Waals surface area contributed by atoms with Crippen molar-refractivity contribution in [2.75, 3.05) is 6.54 Å². The fourth-order valence-corrected chi connectivity index (χ4v) is 1.90. The van der Waals surface area contributed by atoms with Gasteiger partial charge in [-0.2, -0.15) is 5.10 Å². The topological polar surface area (TPSA) is 84.2 Å². The molecule has 6 nitrogen and oxygen atoms in total. The van der Waals surface area contributed by atoms with Crippen molar-refractivity contribution in [3.63, 3.8) is 0 Å². The van der Waals surface area contributed by atoms with E-state index in [1.807, 2.05) is 20.8 Å². The Kier molecular flexibility index (Phi) is 5.54. The van der Waals surface area contributed by atoms with Crippen molar-refractivity contribution in [2.24, 2.45) is 5.92 Å². The summed E-state index contributed by atoms with van der Waals surface area (Å²) in [6, 6.07) is 1.73. The minimum Gasteiger partial charge on any atom is -0.481 e. The molecule has 1 amide bonds. The summed E-state index contributed by atoms with van der Waals surface area (Å²) in [4.78, 5) is 22.7. The van der Waals surface area contributed by atoms with Crippen LogP contribution in [0.4, 0.5) is 0 Å². The fraction of sp³-hybridized carbons (Fsp3) is 0.615. The van der Waals surface area contributed by atoms with E-state index in [1.54, 1.807) is 10.7 Å². The van der Waals surface area contributed by atoms with E-state index >= 15 is 0 Å². The van der Waals surface area contributed by atoms with E-state index in [0.717, 1.165) is 12.1 Å². The highest BCUT2D eigenvalue weighted by Crippen LogP contribution is 2.08. The Morgan fingerprint density at radius 1 is 1.47 bits per heavy atom. The Bertz CT molecular complexity index is 454. The predicted molar refractivity (Wildman–Crippen MR) is 71.0 cm³/mol. The number of carbonyl (C=O) groups excluding carboxylic acids is 1. The molecule has 0 bridgehead atoms. The molecule has 106 valence electrons. The van der Waals surface area contributed by atoms with Gasteiger partial charge in [0.05, 0.1) is 5.69 Å². The van der Waals surface area contributed by atoms with Crippen LogP contribution in [0.1, 0.15) is 42.9 Å². The van der Waals surface area contributed by atoms with Crippen molar-refractivity contribution >= 4 is 11.9 Å². The van der Waals surface area contributed by atoms with E-state index in [1.165, 1.54) is 0 Å². The molecule has 1 atom stereocenters. The van der Waals surface area contributed by atoms with Crippen LogP contribution in [0, 0.1) is 12.8 Å². The van der Waals surface area contributed by atoms with E-state index in [0.29, 0.717) is 18.8 Å². The standard InChI is InChI=1S/C13H21N3O3/c1-4-10(7-12(17)18)8-14-13(19)11-6-9(3)15-16(11)5-2/h6,10H,4-5,7-8H2,1-3H3,(H,14,19)(H,17,18). The molecule has 0 spiro atoms. The highest BCUT2D eigenvalue weighted by atomic mass is 16.4. The van der Waals surface area contributed by atoms with Crippen molar-refractivity contribution in [3.05, 3.63) is 17.5 Å². The Morgan fingerprint density at radius 2 is 2.16 bits per heavy atom. The molecule has 1 unspecified atom stereocenters. The zero-order valence-corrected chi connectivity index (χ0v) is 11.6. The maximum atomic E-state index is 12.0. The summed E-state index contributed by atoms with van der Waals surface area (Å²) in [6.07, 6.45) is 0.793. The van der Waals surface area contributed by atoms with E-state index in [-0.39, 0.29) is 18.2 Å². The lowest BCUT2D eigenvalue weighted by atomic mass is 10.0. The van der Waals surface area contributed by atoms with E-state index in [4.69, 9.17) is 5.11 Å². The monoisotopic (exact) mass is 267 g/mol. The molecular formula is C13H21N3O3. The number of carboxylic acid groups (broad SMARTS) is 1. The Labute approximate surface area is 112 Å². The van der Waals surface area contributed by atoms with Crippen molar-refractivity contribution in [1.82, 2.24) is 15.1 Å². The third-order valence-electron chi connectivity index (χ3n) is 3.03. The van der Waals surface area contributed by atoms with Crippen LogP contribution in [0.15, 0.2) is 6.07 Å². The van der Waals surface area contributed by atoms with Crippen molar-refractivity contribution in [1.29, 1.82) is 0 Å². The molecule has 0 saturated heterocycles. The number of aromatic nitrogens is 2. The van der Waals surface area contributed by atoms with Gasteiger partial charge in [-0.1, -0.05) is 13.3 Å². The first kappa shape index (κ1) is 15.2. The number of aryl methyl sites for hydroxylation is 2. The van der Waals surface area contributed by atoms with Crippen LogP contribution in [0.2, 0.25) is 0 Å². The van der Waals surface area contributed by atoms with Crippen LogP contribution in [-0.2, 0) is 11.3 Å². The molecule has 2 N–H and O–H groups in total. The van der Waals surface area contributed by atoms with Gasteiger partial charge in [-0.25, -0.2) is 0 Å². The Hall–Kier alpha value is -1.85. The van der Waals surface area contributed by atoms with Gasteiger partial charge in [0, 0.05) is 19.5 Å². The molecule has 0 aliphatic heterocycles. The van der Waals surface area contributed by atoms with Crippen molar-refractivity contribution < 1.29 is 14.7 Å². The summed E-state index contributed by atoms with van der Waals surface area (Å²) < 4.78 is 1.64. The number of nitrogens with one attached hydrogen (secondary N) is 1. The summed E-state index contributed by atoms with van der Waals surface area (Å²) in [7, 11) is 0. The van der Waals surface area contributed by atoms with Gasteiger partial charge in [-0.3, -0.25) is 14.3 Å². The predicted octanol–water partition coefficient (Wildman–Crippen LogP) is 1.44.